The van der Waals surface area contributed by atoms with E-state index in [9.17, 15) is 8.78 Å². The van der Waals surface area contributed by atoms with Gasteiger partial charge in [0.25, 0.3) is 0 Å². The van der Waals surface area contributed by atoms with Crippen LogP contribution in [0.3, 0.4) is 0 Å². The Hall–Kier alpha value is -2.40. The normalized spacial score (nSPS) is 11.2. The van der Waals surface area contributed by atoms with E-state index in [4.69, 9.17) is 11.6 Å². The van der Waals surface area contributed by atoms with Crippen LogP contribution >= 0.6 is 0 Å². The van der Waals surface area contributed by atoms with Crippen molar-refractivity contribution in [2.75, 3.05) is 0 Å². The molecule has 4 N–H and O–H groups in total. The van der Waals surface area contributed by atoms with E-state index in [0.717, 1.165) is 11.1 Å². The third-order valence-corrected chi connectivity index (χ3v) is 2.93. The summed E-state index contributed by atoms with van der Waals surface area (Å²) in [7, 11) is 0. The van der Waals surface area contributed by atoms with Crippen LogP contribution in [-0.4, -0.2) is 5.01 Å². The maximum absolute atomic E-state index is 13.0. The lowest BCUT2D eigenvalue weighted by Gasteiger charge is -2.27. The quantitative estimate of drug-likeness (QED) is 0.666. The molecule has 0 amide bonds. The number of hydrazine groups is 1. The highest BCUT2D eigenvalue weighted by Crippen LogP contribution is 2.27. The first kappa shape index (κ1) is 14.0. The van der Waals surface area contributed by atoms with Gasteiger partial charge in [-0.15, -0.1) is 0 Å². The molecule has 2 aromatic rings. The van der Waals surface area contributed by atoms with Crippen molar-refractivity contribution in [3.05, 3.63) is 83.7 Å². The van der Waals surface area contributed by atoms with Gasteiger partial charge in [-0.1, -0.05) is 24.3 Å². The Morgan fingerprint density at radius 2 is 1.25 bits per heavy atom. The zero-order chi connectivity index (χ0) is 14.5. The third-order valence-electron chi connectivity index (χ3n) is 2.93. The minimum Gasteiger partial charge on any atom is -0.403 e. The average Bonchev–Trinajstić information content (AvgIpc) is 2.44. The van der Waals surface area contributed by atoms with E-state index in [-0.39, 0.29) is 17.7 Å². The van der Waals surface area contributed by atoms with E-state index >= 15 is 0 Å². The molecule has 2 rings (SSSR count). The topological polar surface area (TPSA) is 55.3 Å². The van der Waals surface area contributed by atoms with Crippen LogP contribution in [0.15, 0.2) is 60.9 Å². The van der Waals surface area contributed by atoms with Crippen LogP contribution in [0.5, 0.6) is 0 Å². The molecule has 0 aliphatic heterocycles. The second kappa shape index (κ2) is 6.16. The summed E-state index contributed by atoms with van der Waals surface area (Å²) in [5.74, 6) is 5.29. The van der Waals surface area contributed by atoms with Gasteiger partial charge in [-0.2, -0.15) is 0 Å². The van der Waals surface area contributed by atoms with E-state index in [2.05, 4.69) is 0 Å². The minimum absolute atomic E-state index is 0.329. The number of rotatable bonds is 4. The molecule has 0 radical (unpaired) electrons. The summed E-state index contributed by atoms with van der Waals surface area (Å²) < 4.78 is 26.1. The van der Waals surface area contributed by atoms with Gasteiger partial charge in [0, 0.05) is 12.4 Å². The minimum atomic E-state index is -0.379. The van der Waals surface area contributed by atoms with E-state index < -0.39 is 0 Å². The molecular formula is C15H15F2N3. The molecule has 0 aromatic heterocycles. The third kappa shape index (κ3) is 3.13. The number of nitrogens with zero attached hydrogens (tertiary/aromatic N) is 1. The zero-order valence-corrected chi connectivity index (χ0v) is 10.7. The highest BCUT2D eigenvalue weighted by atomic mass is 19.1. The average molecular weight is 275 g/mol. The molecule has 20 heavy (non-hydrogen) atoms. The molecule has 0 bridgehead atoms. The van der Waals surface area contributed by atoms with Crippen molar-refractivity contribution in [3.63, 3.8) is 0 Å². The molecule has 2 aromatic carbocycles. The van der Waals surface area contributed by atoms with Gasteiger partial charge in [-0.05, 0) is 35.4 Å². The van der Waals surface area contributed by atoms with E-state index in [0.29, 0.717) is 0 Å². The first-order valence-corrected chi connectivity index (χ1v) is 6.04. The fraction of sp³-hybridized carbons (Fsp3) is 0.0667. The summed E-state index contributed by atoms with van der Waals surface area (Å²) in [6, 6.07) is 11.6. The van der Waals surface area contributed by atoms with Crippen LogP contribution in [0.4, 0.5) is 8.78 Å². The fourth-order valence-corrected chi connectivity index (χ4v) is 2.01. The van der Waals surface area contributed by atoms with E-state index in [1.807, 2.05) is 0 Å². The largest absolute Gasteiger partial charge is 0.403 e. The second-order valence-electron chi connectivity index (χ2n) is 4.29. The maximum atomic E-state index is 13.0. The van der Waals surface area contributed by atoms with Gasteiger partial charge in [0.1, 0.15) is 11.6 Å². The molecule has 0 heterocycles. The summed E-state index contributed by atoms with van der Waals surface area (Å²) >= 11 is 0. The van der Waals surface area contributed by atoms with Gasteiger partial charge in [-0.25, -0.2) is 14.6 Å². The van der Waals surface area contributed by atoms with Crippen LogP contribution in [0.1, 0.15) is 17.2 Å². The fourth-order valence-electron chi connectivity index (χ4n) is 2.01. The van der Waals surface area contributed by atoms with Crippen molar-refractivity contribution in [3.8, 4) is 0 Å². The van der Waals surface area contributed by atoms with Gasteiger partial charge in [-0.3, -0.25) is 0 Å². The van der Waals surface area contributed by atoms with Crippen molar-refractivity contribution >= 4 is 0 Å². The Morgan fingerprint density at radius 1 is 0.850 bits per heavy atom. The summed E-state index contributed by atoms with van der Waals surface area (Å²) in [5.41, 5.74) is 6.90. The van der Waals surface area contributed by atoms with Gasteiger partial charge >= 0.3 is 0 Å². The monoisotopic (exact) mass is 275 g/mol. The van der Waals surface area contributed by atoms with Gasteiger partial charge in [0.15, 0.2) is 0 Å². The summed E-state index contributed by atoms with van der Waals surface area (Å²) in [4.78, 5) is 0. The number of hydrogen-bond acceptors (Lipinski definition) is 3. The highest BCUT2D eigenvalue weighted by molar-refractivity contribution is 5.32. The Kier molecular flexibility index (Phi) is 4.32. The molecule has 104 valence electrons. The van der Waals surface area contributed by atoms with Gasteiger partial charge < -0.3 is 10.7 Å². The zero-order valence-electron chi connectivity index (χ0n) is 10.7. The molecule has 0 aliphatic carbocycles. The highest BCUT2D eigenvalue weighted by Gasteiger charge is 2.18. The smallest absolute Gasteiger partial charge is 0.123 e. The number of nitrogens with two attached hydrogens (primary N) is 2. The van der Waals surface area contributed by atoms with Crippen LogP contribution in [0.25, 0.3) is 0 Å². The summed E-state index contributed by atoms with van der Waals surface area (Å²) in [5, 5.41) is 1.39. The second-order valence-corrected chi connectivity index (χ2v) is 4.29. The predicted molar refractivity (Wildman–Crippen MR) is 74.0 cm³/mol. The summed E-state index contributed by atoms with van der Waals surface area (Å²) in [6.45, 7) is 0. The molecule has 3 nitrogen and oxygen atoms in total. The lowest BCUT2D eigenvalue weighted by Crippen LogP contribution is -2.31. The lowest BCUT2D eigenvalue weighted by molar-refractivity contribution is 0.328. The molecule has 0 saturated carbocycles. The Balaban J connectivity index is 2.43. The Morgan fingerprint density at radius 3 is 1.60 bits per heavy atom. The first-order chi connectivity index (χ1) is 9.61. The van der Waals surface area contributed by atoms with Crippen molar-refractivity contribution in [2.45, 2.75) is 6.04 Å². The molecule has 0 fully saturated rings. The van der Waals surface area contributed by atoms with Crippen molar-refractivity contribution in [1.82, 2.24) is 5.01 Å². The molecule has 5 heteroatoms. The van der Waals surface area contributed by atoms with Gasteiger partial charge in [0.2, 0.25) is 0 Å². The molecule has 0 spiro atoms. The van der Waals surface area contributed by atoms with Gasteiger partial charge in [0.05, 0.1) is 6.04 Å². The van der Waals surface area contributed by atoms with Crippen LogP contribution in [0, 0.1) is 11.6 Å². The molecular weight excluding hydrogens is 260 g/mol. The number of hydrogen-bond donors (Lipinski definition) is 2. The van der Waals surface area contributed by atoms with E-state index in [1.54, 1.807) is 24.3 Å². The predicted octanol–water partition coefficient (Wildman–Crippen LogP) is 2.66. The lowest BCUT2D eigenvalue weighted by atomic mass is 9.98. The molecule has 0 saturated heterocycles. The first-order valence-electron chi connectivity index (χ1n) is 6.04. The van der Waals surface area contributed by atoms with Crippen molar-refractivity contribution in [2.24, 2.45) is 11.6 Å². The molecule has 0 aliphatic rings. The van der Waals surface area contributed by atoms with Crippen molar-refractivity contribution < 1.29 is 8.78 Å². The number of halogens is 2. The van der Waals surface area contributed by atoms with Crippen molar-refractivity contribution in [1.29, 1.82) is 0 Å². The molecule has 0 unspecified atom stereocenters. The maximum Gasteiger partial charge on any atom is 0.123 e. The number of benzene rings is 2. The van der Waals surface area contributed by atoms with E-state index in [1.165, 1.54) is 41.7 Å². The Labute approximate surface area is 116 Å². The SMILES string of the molecule is N/C=C\N(N)C(c1ccc(F)cc1)c1ccc(F)cc1. The summed E-state index contributed by atoms with van der Waals surface area (Å²) in [6.07, 6.45) is 2.80. The molecule has 0 atom stereocenters. The van der Waals surface area contributed by atoms with Crippen LogP contribution < -0.4 is 11.6 Å². The standard InChI is InChI=1S/C15H15F2N3/c16-13-5-1-11(2-6-13)15(20(19)10-9-18)12-3-7-14(17)8-4-12/h1-10,15H,18-19H2/b10-9-. The van der Waals surface area contributed by atoms with Crippen LogP contribution in [0.2, 0.25) is 0 Å². The Bertz CT molecular complexity index is 534. The van der Waals surface area contributed by atoms with Crippen LogP contribution in [-0.2, 0) is 0 Å².